The fourth-order valence-corrected chi connectivity index (χ4v) is 2.07. The maximum atomic E-state index is 5.98. The van der Waals surface area contributed by atoms with Crippen molar-refractivity contribution in [2.75, 3.05) is 5.32 Å². The summed E-state index contributed by atoms with van der Waals surface area (Å²) in [4.78, 5) is 8.21. The summed E-state index contributed by atoms with van der Waals surface area (Å²) < 4.78 is 0. The third kappa shape index (κ3) is 2.46. The molecular weight excluding hydrogens is 230 g/mol. The van der Waals surface area contributed by atoms with Crippen molar-refractivity contribution in [3.05, 3.63) is 39.6 Å². The average molecular weight is 240 g/mol. The number of pyridine rings is 1. The molecule has 15 heavy (non-hydrogen) atoms. The Morgan fingerprint density at radius 1 is 1.40 bits per heavy atom. The highest BCUT2D eigenvalue weighted by Gasteiger charge is 2.04. The molecule has 2 aromatic heterocycles. The molecule has 0 amide bonds. The van der Waals surface area contributed by atoms with Crippen molar-refractivity contribution < 1.29 is 0 Å². The van der Waals surface area contributed by atoms with Crippen molar-refractivity contribution >= 4 is 28.6 Å². The monoisotopic (exact) mass is 239 g/mol. The van der Waals surface area contributed by atoms with Gasteiger partial charge in [-0.25, -0.2) is 9.97 Å². The minimum atomic E-state index is 0.506. The Morgan fingerprint density at radius 2 is 2.27 bits per heavy atom. The summed E-state index contributed by atoms with van der Waals surface area (Å²) in [5, 5.41) is 6.73. The highest BCUT2D eigenvalue weighted by molar-refractivity contribution is 7.09. The molecule has 1 N–H and O–H groups in total. The normalized spacial score (nSPS) is 10.3. The van der Waals surface area contributed by atoms with Crippen molar-refractivity contribution in [2.45, 2.75) is 13.5 Å². The number of nitrogens with zero attached hydrogens (tertiary/aromatic N) is 2. The molecule has 0 aliphatic heterocycles. The van der Waals surface area contributed by atoms with Gasteiger partial charge in [0.1, 0.15) is 5.01 Å². The SMILES string of the molecule is Cc1ccnc(Cl)c1NCc1nccs1. The van der Waals surface area contributed by atoms with Crippen LogP contribution in [0.1, 0.15) is 10.6 Å². The van der Waals surface area contributed by atoms with Crippen LogP contribution >= 0.6 is 22.9 Å². The van der Waals surface area contributed by atoms with Gasteiger partial charge in [0.05, 0.1) is 12.2 Å². The number of nitrogens with one attached hydrogen (secondary N) is 1. The molecule has 0 spiro atoms. The van der Waals surface area contributed by atoms with Crippen molar-refractivity contribution in [1.29, 1.82) is 0 Å². The molecule has 0 unspecified atom stereocenters. The Hall–Kier alpha value is -1.13. The lowest BCUT2D eigenvalue weighted by atomic mass is 10.2. The Labute approximate surface area is 97.2 Å². The molecule has 0 atom stereocenters. The number of hydrogen-bond acceptors (Lipinski definition) is 4. The summed E-state index contributed by atoms with van der Waals surface area (Å²) in [6.07, 6.45) is 3.49. The van der Waals surface area contributed by atoms with Crippen LogP contribution in [0.2, 0.25) is 5.15 Å². The van der Waals surface area contributed by atoms with Gasteiger partial charge in [-0.2, -0.15) is 0 Å². The summed E-state index contributed by atoms with van der Waals surface area (Å²) in [6.45, 7) is 2.68. The van der Waals surface area contributed by atoms with Gasteiger partial charge in [0.2, 0.25) is 0 Å². The summed E-state index contributed by atoms with van der Waals surface area (Å²) in [5.74, 6) is 0. The highest BCUT2D eigenvalue weighted by atomic mass is 35.5. The van der Waals surface area contributed by atoms with Crippen LogP contribution in [0.3, 0.4) is 0 Å². The first-order valence-electron chi connectivity index (χ1n) is 4.50. The van der Waals surface area contributed by atoms with E-state index in [-0.39, 0.29) is 0 Å². The van der Waals surface area contributed by atoms with Gasteiger partial charge in [0, 0.05) is 17.8 Å². The molecule has 0 aliphatic rings. The van der Waals surface area contributed by atoms with E-state index < -0.39 is 0 Å². The third-order valence-electron chi connectivity index (χ3n) is 2.01. The Morgan fingerprint density at radius 3 is 2.93 bits per heavy atom. The second-order valence-electron chi connectivity index (χ2n) is 3.07. The van der Waals surface area contributed by atoms with Crippen LogP contribution in [0.4, 0.5) is 5.69 Å². The maximum Gasteiger partial charge on any atom is 0.152 e. The van der Waals surface area contributed by atoms with Gasteiger partial charge in [-0.05, 0) is 18.6 Å². The van der Waals surface area contributed by atoms with E-state index in [2.05, 4.69) is 15.3 Å². The molecule has 0 radical (unpaired) electrons. The van der Waals surface area contributed by atoms with E-state index in [0.29, 0.717) is 11.7 Å². The minimum Gasteiger partial charge on any atom is -0.376 e. The molecule has 0 aromatic carbocycles. The van der Waals surface area contributed by atoms with Crippen LogP contribution < -0.4 is 5.32 Å². The van der Waals surface area contributed by atoms with E-state index in [1.165, 1.54) is 0 Å². The zero-order valence-electron chi connectivity index (χ0n) is 8.20. The number of halogens is 1. The quantitative estimate of drug-likeness (QED) is 0.837. The lowest BCUT2D eigenvalue weighted by molar-refractivity contribution is 1.09. The topological polar surface area (TPSA) is 37.8 Å². The molecule has 3 nitrogen and oxygen atoms in total. The predicted molar refractivity (Wildman–Crippen MR) is 63.4 cm³/mol. The first-order valence-corrected chi connectivity index (χ1v) is 5.76. The van der Waals surface area contributed by atoms with Crippen LogP contribution in [0, 0.1) is 6.92 Å². The van der Waals surface area contributed by atoms with Crippen molar-refractivity contribution in [3.63, 3.8) is 0 Å². The predicted octanol–water partition coefficient (Wildman–Crippen LogP) is 3.11. The fourth-order valence-electron chi connectivity index (χ4n) is 1.24. The largest absolute Gasteiger partial charge is 0.376 e. The molecule has 2 rings (SSSR count). The molecule has 78 valence electrons. The smallest absolute Gasteiger partial charge is 0.152 e. The number of thiazole rings is 1. The van der Waals surface area contributed by atoms with Crippen LogP contribution in [0.15, 0.2) is 23.8 Å². The average Bonchev–Trinajstić information content (AvgIpc) is 2.70. The summed E-state index contributed by atoms with van der Waals surface area (Å²) in [5.41, 5.74) is 1.97. The van der Waals surface area contributed by atoms with Crippen molar-refractivity contribution in [3.8, 4) is 0 Å². The number of anilines is 1. The number of rotatable bonds is 3. The van der Waals surface area contributed by atoms with Gasteiger partial charge in [-0.1, -0.05) is 11.6 Å². The summed E-state index contributed by atoms with van der Waals surface area (Å²) in [7, 11) is 0. The number of aromatic nitrogens is 2. The van der Waals surface area contributed by atoms with Crippen LogP contribution in [0.25, 0.3) is 0 Å². The molecule has 0 fully saturated rings. The second-order valence-corrected chi connectivity index (χ2v) is 4.41. The van der Waals surface area contributed by atoms with E-state index in [1.807, 2.05) is 18.4 Å². The lowest BCUT2D eigenvalue weighted by Gasteiger charge is -2.08. The Bertz CT molecular complexity index is 422. The molecule has 0 aliphatic carbocycles. The first kappa shape index (κ1) is 10.4. The molecule has 0 saturated carbocycles. The van der Waals surface area contributed by atoms with E-state index >= 15 is 0 Å². The van der Waals surface area contributed by atoms with Crippen molar-refractivity contribution in [2.24, 2.45) is 0 Å². The third-order valence-corrected chi connectivity index (χ3v) is 3.08. The molecule has 0 saturated heterocycles. The standard InChI is InChI=1S/C10H10ClN3S/c1-7-2-3-13-10(11)9(7)14-6-8-12-4-5-15-8/h2-5,14H,6H2,1H3. The molecular formula is C10H10ClN3S. The van der Waals surface area contributed by atoms with E-state index in [9.17, 15) is 0 Å². The van der Waals surface area contributed by atoms with E-state index in [1.54, 1.807) is 23.7 Å². The molecule has 0 bridgehead atoms. The second kappa shape index (κ2) is 4.59. The first-order chi connectivity index (χ1) is 7.27. The Balaban J connectivity index is 2.11. The van der Waals surface area contributed by atoms with Crippen molar-refractivity contribution in [1.82, 2.24) is 9.97 Å². The molecule has 5 heteroatoms. The Kier molecular flexibility index (Phi) is 3.18. The van der Waals surface area contributed by atoms with E-state index in [0.717, 1.165) is 16.3 Å². The van der Waals surface area contributed by atoms with Crippen LogP contribution in [-0.4, -0.2) is 9.97 Å². The lowest BCUT2D eigenvalue weighted by Crippen LogP contribution is -2.01. The zero-order valence-corrected chi connectivity index (χ0v) is 9.77. The van der Waals surface area contributed by atoms with Gasteiger partial charge in [0.15, 0.2) is 5.15 Å². The zero-order chi connectivity index (χ0) is 10.7. The van der Waals surface area contributed by atoms with Crippen LogP contribution in [-0.2, 0) is 6.54 Å². The summed E-state index contributed by atoms with van der Waals surface area (Å²) >= 11 is 7.60. The molecule has 2 heterocycles. The summed E-state index contributed by atoms with van der Waals surface area (Å²) in [6, 6.07) is 1.93. The van der Waals surface area contributed by atoms with Gasteiger partial charge in [0.25, 0.3) is 0 Å². The van der Waals surface area contributed by atoms with Crippen LogP contribution in [0.5, 0.6) is 0 Å². The van der Waals surface area contributed by atoms with E-state index in [4.69, 9.17) is 11.6 Å². The fraction of sp³-hybridized carbons (Fsp3) is 0.200. The van der Waals surface area contributed by atoms with Gasteiger partial charge in [-0.3, -0.25) is 0 Å². The maximum absolute atomic E-state index is 5.98. The molecule has 2 aromatic rings. The number of aryl methyl sites for hydroxylation is 1. The number of hydrogen-bond donors (Lipinski definition) is 1. The minimum absolute atomic E-state index is 0.506. The highest BCUT2D eigenvalue weighted by Crippen LogP contribution is 2.23. The van der Waals surface area contributed by atoms with Gasteiger partial charge >= 0.3 is 0 Å². The van der Waals surface area contributed by atoms with Gasteiger partial charge < -0.3 is 5.32 Å². The van der Waals surface area contributed by atoms with Gasteiger partial charge in [-0.15, -0.1) is 11.3 Å².